The zero-order chi connectivity index (χ0) is 17.8. The number of phenols is 1. The van der Waals surface area contributed by atoms with Gasteiger partial charge in [-0.1, -0.05) is 11.6 Å². The molecule has 1 spiro atoms. The van der Waals surface area contributed by atoms with Gasteiger partial charge in [0.1, 0.15) is 0 Å². The highest BCUT2D eigenvalue weighted by atomic mass is 35.5. The van der Waals surface area contributed by atoms with Gasteiger partial charge in [-0.25, -0.2) is 0 Å². The summed E-state index contributed by atoms with van der Waals surface area (Å²) in [6, 6.07) is 1.48. The molecule has 1 saturated heterocycles. The molecule has 3 fully saturated rings. The predicted molar refractivity (Wildman–Crippen MR) is 94.8 cm³/mol. The molecule has 6 heteroatoms. The largest absolute Gasteiger partial charge is 0.504 e. The average Bonchev–Trinajstić information content (AvgIpc) is 3.33. The molecular formula is C20H22ClNO4. The summed E-state index contributed by atoms with van der Waals surface area (Å²) in [5.41, 5.74) is -0.0101. The Hall–Kier alpha value is -1.30. The van der Waals surface area contributed by atoms with Crippen LogP contribution < -0.4 is 4.74 Å². The van der Waals surface area contributed by atoms with E-state index in [4.69, 9.17) is 16.3 Å². The normalized spacial score (nSPS) is 40.3. The van der Waals surface area contributed by atoms with E-state index in [-0.39, 0.29) is 17.6 Å². The lowest BCUT2D eigenvalue weighted by atomic mass is 9.49. The molecule has 138 valence electrons. The number of halogens is 1. The van der Waals surface area contributed by atoms with Gasteiger partial charge in [0.2, 0.25) is 0 Å². The van der Waals surface area contributed by atoms with Crippen LogP contribution >= 0.6 is 11.6 Å². The molecule has 5 aliphatic rings. The van der Waals surface area contributed by atoms with E-state index in [1.165, 1.54) is 18.9 Å². The zero-order valence-corrected chi connectivity index (χ0v) is 15.3. The van der Waals surface area contributed by atoms with Crippen molar-refractivity contribution in [1.82, 2.24) is 4.90 Å². The fourth-order valence-electron chi connectivity index (χ4n) is 6.31. The number of phenolic OH excluding ortho intramolecular Hbond substituents is 1. The third-order valence-corrected chi connectivity index (χ3v) is 7.97. The maximum atomic E-state index is 12.8. The Kier molecular flexibility index (Phi) is 2.87. The quantitative estimate of drug-likeness (QED) is 0.829. The molecule has 0 aromatic heterocycles. The first-order chi connectivity index (χ1) is 12.5. The van der Waals surface area contributed by atoms with Crippen molar-refractivity contribution >= 4 is 17.4 Å². The van der Waals surface area contributed by atoms with Crippen LogP contribution in [-0.2, 0) is 16.6 Å². The van der Waals surface area contributed by atoms with Gasteiger partial charge < -0.3 is 14.9 Å². The van der Waals surface area contributed by atoms with Crippen LogP contribution in [0.3, 0.4) is 0 Å². The van der Waals surface area contributed by atoms with Gasteiger partial charge >= 0.3 is 0 Å². The van der Waals surface area contributed by atoms with E-state index in [1.54, 1.807) is 0 Å². The van der Waals surface area contributed by atoms with Crippen LogP contribution in [0.25, 0.3) is 0 Å². The number of Topliss-reactive ketones (excluding diaryl/α,β-unsaturated/α-hetero) is 1. The number of nitrogens with zero attached hydrogens (tertiary/aromatic N) is 1. The molecule has 1 aromatic carbocycles. The molecule has 5 nitrogen and oxygen atoms in total. The Labute approximate surface area is 156 Å². The number of carbonyl (C=O) groups excluding carboxylic acids is 1. The predicted octanol–water partition coefficient (Wildman–Crippen LogP) is 2.18. The van der Waals surface area contributed by atoms with Crippen LogP contribution in [0.2, 0.25) is 5.02 Å². The number of aromatic hydroxyl groups is 1. The van der Waals surface area contributed by atoms with Crippen molar-refractivity contribution in [3.63, 3.8) is 0 Å². The molecule has 2 heterocycles. The molecular weight excluding hydrogens is 354 g/mol. The number of hydrogen-bond acceptors (Lipinski definition) is 5. The van der Waals surface area contributed by atoms with Gasteiger partial charge in [0.05, 0.1) is 11.0 Å². The molecule has 0 amide bonds. The van der Waals surface area contributed by atoms with Crippen LogP contribution in [0.5, 0.6) is 11.5 Å². The number of ether oxygens (including phenoxy) is 1. The number of aliphatic hydroxyl groups is 1. The summed E-state index contributed by atoms with van der Waals surface area (Å²) in [6.45, 7) is 1.86. The number of rotatable bonds is 2. The lowest BCUT2D eigenvalue weighted by Gasteiger charge is -2.62. The number of likely N-dealkylation sites (tertiary alicyclic amines) is 1. The van der Waals surface area contributed by atoms with E-state index >= 15 is 0 Å². The van der Waals surface area contributed by atoms with E-state index in [0.29, 0.717) is 36.5 Å². The van der Waals surface area contributed by atoms with Crippen LogP contribution in [0.15, 0.2) is 6.07 Å². The number of carbonyl (C=O) groups is 1. The van der Waals surface area contributed by atoms with Crippen LogP contribution in [-0.4, -0.2) is 51.7 Å². The van der Waals surface area contributed by atoms with Gasteiger partial charge in [0.25, 0.3) is 0 Å². The smallest absolute Gasteiger partial charge is 0.174 e. The summed E-state index contributed by atoms with van der Waals surface area (Å²) in [5.74, 6) is 1.12. The molecule has 6 rings (SSSR count). The van der Waals surface area contributed by atoms with Gasteiger partial charge in [-0.05, 0) is 50.1 Å². The first kappa shape index (κ1) is 15.7. The van der Waals surface area contributed by atoms with Gasteiger partial charge in [0.15, 0.2) is 23.4 Å². The molecule has 2 bridgehead atoms. The highest BCUT2D eigenvalue weighted by molar-refractivity contribution is 6.31. The molecule has 4 atom stereocenters. The van der Waals surface area contributed by atoms with E-state index in [2.05, 4.69) is 4.90 Å². The Morgan fingerprint density at radius 3 is 2.92 bits per heavy atom. The van der Waals surface area contributed by atoms with Crippen molar-refractivity contribution in [3.05, 3.63) is 22.2 Å². The molecule has 2 saturated carbocycles. The third-order valence-electron chi connectivity index (χ3n) is 7.63. The van der Waals surface area contributed by atoms with E-state index in [9.17, 15) is 15.0 Å². The van der Waals surface area contributed by atoms with E-state index in [0.717, 1.165) is 30.1 Å². The van der Waals surface area contributed by atoms with Crippen molar-refractivity contribution in [3.8, 4) is 11.5 Å². The van der Waals surface area contributed by atoms with Crippen molar-refractivity contribution in [2.45, 2.75) is 61.7 Å². The molecule has 0 unspecified atom stereocenters. The summed E-state index contributed by atoms with van der Waals surface area (Å²) in [4.78, 5) is 15.2. The van der Waals surface area contributed by atoms with Crippen LogP contribution in [0.4, 0.5) is 0 Å². The van der Waals surface area contributed by atoms with Crippen molar-refractivity contribution in [1.29, 1.82) is 0 Å². The molecule has 2 aliphatic heterocycles. The second-order valence-electron chi connectivity index (χ2n) is 8.83. The summed E-state index contributed by atoms with van der Waals surface area (Å²) < 4.78 is 6.03. The Morgan fingerprint density at radius 1 is 1.35 bits per heavy atom. The Balaban J connectivity index is 1.60. The Morgan fingerprint density at radius 2 is 2.15 bits per heavy atom. The zero-order valence-electron chi connectivity index (χ0n) is 14.5. The van der Waals surface area contributed by atoms with E-state index < -0.39 is 17.1 Å². The molecule has 26 heavy (non-hydrogen) atoms. The fraction of sp³-hybridized carbons (Fsp3) is 0.650. The minimum Gasteiger partial charge on any atom is -0.504 e. The standard InChI is InChI=1S/C20H22ClNO4/c21-12-8-14(24)17-16-11(12)7-15-20(25)4-3-13(23)18(26-17)19(16,20)5-6-22(15)9-10-1-2-10/h8,10,15,18,24-25H,1-7,9H2/t15-,18+,19+,20-/m1/s1. The highest BCUT2D eigenvalue weighted by Crippen LogP contribution is 2.65. The SMILES string of the molecule is O=C1CC[C@@]2(O)[C@H]3Cc4c(Cl)cc(O)c5c4[C@@]2(CCN3CC2CC2)[C@H]1O5. The van der Waals surface area contributed by atoms with Gasteiger partial charge in [-0.3, -0.25) is 9.69 Å². The maximum Gasteiger partial charge on any atom is 0.174 e. The number of piperidine rings is 1. The highest BCUT2D eigenvalue weighted by Gasteiger charge is 2.73. The van der Waals surface area contributed by atoms with Crippen LogP contribution in [0.1, 0.15) is 43.2 Å². The molecule has 3 aliphatic carbocycles. The van der Waals surface area contributed by atoms with Gasteiger partial charge in [-0.15, -0.1) is 0 Å². The van der Waals surface area contributed by atoms with Crippen molar-refractivity contribution < 1.29 is 19.7 Å². The molecule has 0 radical (unpaired) electrons. The topological polar surface area (TPSA) is 70.0 Å². The lowest BCUT2D eigenvalue weighted by Crippen LogP contribution is -2.76. The number of hydrogen-bond donors (Lipinski definition) is 2. The first-order valence-electron chi connectivity index (χ1n) is 9.66. The average molecular weight is 376 g/mol. The lowest BCUT2D eigenvalue weighted by molar-refractivity contribution is -0.188. The number of benzene rings is 1. The summed E-state index contributed by atoms with van der Waals surface area (Å²) in [7, 11) is 0. The van der Waals surface area contributed by atoms with Crippen molar-refractivity contribution in [2.75, 3.05) is 13.1 Å². The maximum absolute atomic E-state index is 12.8. The minimum absolute atomic E-state index is 0.0217. The molecule has 1 aromatic rings. The summed E-state index contributed by atoms with van der Waals surface area (Å²) in [6.07, 6.45) is 3.95. The monoisotopic (exact) mass is 375 g/mol. The van der Waals surface area contributed by atoms with Gasteiger partial charge in [0, 0.05) is 35.7 Å². The molecule has 2 N–H and O–H groups in total. The number of ketones is 1. The first-order valence-corrected chi connectivity index (χ1v) is 10.0. The van der Waals surface area contributed by atoms with Gasteiger partial charge in [-0.2, -0.15) is 0 Å². The minimum atomic E-state index is -1.01. The summed E-state index contributed by atoms with van der Waals surface area (Å²) in [5, 5.41) is 23.0. The summed E-state index contributed by atoms with van der Waals surface area (Å²) >= 11 is 6.52. The second kappa shape index (κ2) is 4.75. The fourth-order valence-corrected chi connectivity index (χ4v) is 6.58. The second-order valence-corrected chi connectivity index (χ2v) is 9.24. The third kappa shape index (κ3) is 1.64. The van der Waals surface area contributed by atoms with Crippen LogP contribution in [0, 0.1) is 5.92 Å². The Bertz CT molecular complexity index is 853. The van der Waals surface area contributed by atoms with E-state index in [1.807, 2.05) is 0 Å². The van der Waals surface area contributed by atoms with Crippen molar-refractivity contribution in [2.24, 2.45) is 5.92 Å².